The number of esters is 1. The Labute approximate surface area is 91.4 Å². The Balaban J connectivity index is 2.78. The molecule has 1 rings (SSSR count). The van der Waals surface area contributed by atoms with E-state index < -0.39 is 18.0 Å². The zero-order valence-corrected chi connectivity index (χ0v) is 8.69. The van der Waals surface area contributed by atoms with Crippen molar-refractivity contribution in [3.05, 3.63) is 34.9 Å². The summed E-state index contributed by atoms with van der Waals surface area (Å²) in [4.78, 5) is 21.9. The van der Waals surface area contributed by atoms with Gasteiger partial charge >= 0.3 is 11.9 Å². The van der Waals surface area contributed by atoms with E-state index in [1.54, 1.807) is 12.1 Å². The van der Waals surface area contributed by atoms with Crippen molar-refractivity contribution < 1.29 is 19.4 Å². The van der Waals surface area contributed by atoms with Crippen molar-refractivity contribution in [2.45, 2.75) is 13.0 Å². The maximum absolute atomic E-state index is 11.4. The molecule has 0 bridgehead atoms. The van der Waals surface area contributed by atoms with E-state index in [1.165, 1.54) is 19.1 Å². The van der Waals surface area contributed by atoms with Crippen LogP contribution in [0.2, 0.25) is 5.02 Å². The van der Waals surface area contributed by atoms with Crippen LogP contribution >= 0.6 is 11.6 Å². The third-order valence-corrected chi connectivity index (χ3v) is 2.05. The summed E-state index contributed by atoms with van der Waals surface area (Å²) in [5.41, 5.74) is 0.160. The predicted octanol–water partition coefficient (Wildman–Crippen LogP) is 1.97. The van der Waals surface area contributed by atoms with Crippen LogP contribution in [0.15, 0.2) is 24.3 Å². The fourth-order valence-electron chi connectivity index (χ4n) is 0.901. The van der Waals surface area contributed by atoms with Crippen molar-refractivity contribution in [3.8, 4) is 0 Å². The minimum Gasteiger partial charge on any atom is -0.479 e. The van der Waals surface area contributed by atoms with Crippen molar-refractivity contribution in [3.63, 3.8) is 0 Å². The molecule has 0 saturated carbocycles. The molecule has 0 radical (unpaired) electrons. The topological polar surface area (TPSA) is 63.6 Å². The van der Waals surface area contributed by atoms with Crippen LogP contribution in [0.1, 0.15) is 17.3 Å². The van der Waals surface area contributed by atoms with Gasteiger partial charge in [-0.15, -0.1) is 0 Å². The molecular formula is C10H9ClO4. The molecule has 0 saturated heterocycles. The highest BCUT2D eigenvalue weighted by atomic mass is 35.5. The van der Waals surface area contributed by atoms with Crippen molar-refractivity contribution in [2.75, 3.05) is 0 Å². The van der Waals surface area contributed by atoms with Gasteiger partial charge in [0.15, 0.2) is 6.10 Å². The van der Waals surface area contributed by atoms with Crippen LogP contribution in [0.5, 0.6) is 0 Å². The first-order valence-corrected chi connectivity index (χ1v) is 4.58. The largest absolute Gasteiger partial charge is 0.479 e. The van der Waals surface area contributed by atoms with Crippen LogP contribution in [-0.2, 0) is 9.53 Å². The second-order valence-corrected chi connectivity index (χ2v) is 3.27. The van der Waals surface area contributed by atoms with Gasteiger partial charge in [-0.2, -0.15) is 0 Å². The Morgan fingerprint density at radius 3 is 2.53 bits per heavy atom. The first-order valence-electron chi connectivity index (χ1n) is 4.20. The van der Waals surface area contributed by atoms with Crippen LogP contribution in [0.3, 0.4) is 0 Å². The Kier molecular flexibility index (Phi) is 3.68. The molecule has 0 aliphatic heterocycles. The van der Waals surface area contributed by atoms with Crippen molar-refractivity contribution >= 4 is 23.5 Å². The number of carbonyl (C=O) groups excluding carboxylic acids is 1. The highest BCUT2D eigenvalue weighted by Gasteiger charge is 2.18. The van der Waals surface area contributed by atoms with Gasteiger partial charge in [0.05, 0.1) is 10.6 Å². The molecule has 1 unspecified atom stereocenters. The number of hydrogen-bond donors (Lipinski definition) is 1. The monoisotopic (exact) mass is 228 g/mol. The van der Waals surface area contributed by atoms with Gasteiger partial charge in [-0.05, 0) is 19.1 Å². The van der Waals surface area contributed by atoms with Crippen LogP contribution in [0.4, 0.5) is 0 Å². The van der Waals surface area contributed by atoms with E-state index >= 15 is 0 Å². The summed E-state index contributed by atoms with van der Waals surface area (Å²) in [5, 5.41) is 8.77. The fourth-order valence-corrected chi connectivity index (χ4v) is 1.11. The maximum atomic E-state index is 11.4. The number of halogens is 1. The molecule has 1 N–H and O–H groups in total. The summed E-state index contributed by atoms with van der Waals surface area (Å²) in [6, 6.07) is 6.29. The van der Waals surface area contributed by atoms with Gasteiger partial charge in [0, 0.05) is 0 Å². The van der Waals surface area contributed by atoms with E-state index in [9.17, 15) is 9.59 Å². The molecule has 15 heavy (non-hydrogen) atoms. The molecule has 4 nitrogen and oxygen atoms in total. The lowest BCUT2D eigenvalue weighted by atomic mass is 10.2. The third kappa shape index (κ3) is 2.95. The molecule has 0 aliphatic rings. The molecule has 0 aromatic heterocycles. The molecule has 0 heterocycles. The van der Waals surface area contributed by atoms with Gasteiger partial charge in [0.2, 0.25) is 0 Å². The SMILES string of the molecule is CC(OC(=O)c1ccccc1Cl)C(=O)O. The lowest BCUT2D eigenvalue weighted by Gasteiger charge is -2.09. The van der Waals surface area contributed by atoms with Gasteiger partial charge in [-0.25, -0.2) is 9.59 Å². The Hall–Kier alpha value is -1.55. The van der Waals surface area contributed by atoms with Crippen molar-refractivity contribution in [1.82, 2.24) is 0 Å². The third-order valence-electron chi connectivity index (χ3n) is 1.73. The molecule has 1 aromatic rings. The summed E-state index contributed by atoms with van der Waals surface area (Å²) in [7, 11) is 0. The summed E-state index contributed by atoms with van der Waals surface area (Å²) in [6.45, 7) is 1.27. The number of rotatable bonds is 3. The van der Waals surface area contributed by atoms with Gasteiger partial charge < -0.3 is 9.84 Å². The smallest absolute Gasteiger partial charge is 0.344 e. The lowest BCUT2D eigenvalue weighted by Crippen LogP contribution is -2.23. The maximum Gasteiger partial charge on any atom is 0.344 e. The highest BCUT2D eigenvalue weighted by molar-refractivity contribution is 6.33. The Morgan fingerprint density at radius 2 is 2.00 bits per heavy atom. The first kappa shape index (κ1) is 11.5. The predicted molar refractivity (Wildman–Crippen MR) is 54.0 cm³/mol. The number of aliphatic carboxylic acids is 1. The zero-order chi connectivity index (χ0) is 11.4. The number of ether oxygens (including phenoxy) is 1. The van der Waals surface area contributed by atoms with Gasteiger partial charge in [-0.1, -0.05) is 23.7 Å². The molecule has 1 aromatic carbocycles. The summed E-state index contributed by atoms with van der Waals surface area (Å²) in [6.07, 6.45) is -1.19. The molecule has 5 heteroatoms. The molecule has 0 aliphatic carbocycles. The summed E-state index contributed by atoms with van der Waals surface area (Å²) >= 11 is 5.73. The number of carboxylic acid groups (broad SMARTS) is 1. The van der Waals surface area contributed by atoms with Crippen molar-refractivity contribution in [2.24, 2.45) is 0 Å². The number of benzene rings is 1. The molecule has 1 atom stereocenters. The second-order valence-electron chi connectivity index (χ2n) is 2.87. The van der Waals surface area contributed by atoms with Crippen LogP contribution < -0.4 is 0 Å². The van der Waals surface area contributed by atoms with Gasteiger partial charge in [0.25, 0.3) is 0 Å². The van der Waals surface area contributed by atoms with Crippen LogP contribution in [-0.4, -0.2) is 23.1 Å². The molecule has 80 valence electrons. The summed E-state index contributed by atoms with van der Waals surface area (Å²) in [5.74, 6) is -1.94. The minimum atomic E-state index is -1.20. The molecule has 0 spiro atoms. The molecule has 0 fully saturated rings. The molecular weight excluding hydrogens is 220 g/mol. The fraction of sp³-hybridized carbons (Fsp3) is 0.200. The quantitative estimate of drug-likeness (QED) is 0.804. The normalized spacial score (nSPS) is 11.9. The number of carboxylic acids is 1. The number of carbonyl (C=O) groups is 2. The Bertz CT molecular complexity index is 389. The van der Waals surface area contributed by atoms with Crippen molar-refractivity contribution in [1.29, 1.82) is 0 Å². The average Bonchev–Trinajstić information content (AvgIpc) is 2.18. The standard InChI is InChI=1S/C10H9ClO4/c1-6(9(12)13)15-10(14)7-4-2-3-5-8(7)11/h2-6H,1H3,(H,12,13). The summed E-state index contributed by atoms with van der Waals surface area (Å²) < 4.78 is 4.66. The van der Waals surface area contributed by atoms with E-state index in [4.69, 9.17) is 16.7 Å². The molecule has 0 amide bonds. The van der Waals surface area contributed by atoms with Crippen LogP contribution in [0, 0.1) is 0 Å². The number of hydrogen-bond acceptors (Lipinski definition) is 3. The zero-order valence-electron chi connectivity index (χ0n) is 7.94. The lowest BCUT2D eigenvalue weighted by molar-refractivity contribution is -0.146. The van der Waals surface area contributed by atoms with E-state index in [0.29, 0.717) is 0 Å². The van der Waals surface area contributed by atoms with E-state index in [1.807, 2.05) is 0 Å². The first-order chi connectivity index (χ1) is 7.02. The average molecular weight is 229 g/mol. The highest BCUT2D eigenvalue weighted by Crippen LogP contribution is 2.16. The van der Waals surface area contributed by atoms with E-state index in [0.717, 1.165) is 0 Å². The van der Waals surface area contributed by atoms with Crippen LogP contribution in [0.25, 0.3) is 0 Å². The van der Waals surface area contributed by atoms with Gasteiger partial charge in [-0.3, -0.25) is 0 Å². The Morgan fingerprint density at radius 1 is 1.40 bits per heavy atom. The van der Waals surface area contributed by atoms with E-state index in [2.05, 4.69) is 4.74 Å². The van der Waals surface area contributed by atoms with Gasteiger partial charge in [0.1, 0.15) is 0 Å². The van der Waals surface area contributed by atoms with E-state index in [-0.39, 0.29) is 10.6 Å². The second kappa shape index (κ2) is 4.79. The minimum absolute atomic E-state index is 0.160.